The van der Waals surface area contributed by atoms with E-state index < -0.39 is 0 Å². The van der Waals surface area contributed by atoms with E-state index in [1.165, 1.54) is 38.5 Å². The number of nitrogens with two attached hydrogens (primary N) is 1. The Kier molecular flexibility index (Phi) is 6.46. The maximum Gasteiger partial charge on any atom is 0.114 e. The molecule has 94 valence electrons. The van der Waals surface area contributed by atoms with E-state index in [1.54, 1.807) is 0 Å². The zero-order valence-electron chi connectivity index (χ0n) is 10.8. The Bertz CT molecular complexity index is 201. The zero-order valence-corrected chi connectivity index (χ0v) is 10.8. The molecule has 0 spiro atoms. The van der Waals surface area contributed by atoms with Crippen LogP contribution in [0.2, 0.25) is 0 Å². The molecule has 0 unspecified atom stereocenters. The summed E-state index contributed by atoms with van der Waals surface area (Å²) in [4.78, 5) is 4.84. The fraction of sp³-hybridized carbons (Fsp3) is 0.923. The van der Waals surface area contributed by atoms with E-state index >= 15 is 0 Å². The second-order valence-electron chi connectivity index (χ2n) is 4.82. The highest BCUT2D eigenvalue weighted by atomic mass is 15.3. The van der Waals surface area contributed by atoms with Gasteiger partial charge in [-0.3, -0.25) is 4.99 Å². The molecule has 0 amide bonds. The first-order chi connectivity index (χ1) is 7.81. The number of nitrogens with one attached hydrogen (secondary N) is 1. The van der Waals surface area contributed by atoms with Gasteiger partial charge in [-0.25, -0.2) is 5.84 Å². The first-order valence-corrected chi connectivity index (χ1v) is 6.86. The van der Waals surface area contributed by atoms with Crippen LogP contribution >= 0.6 is 0 Å². The van der Waals surface area contributed by atoms with Gasteiger partial charge in [0.2, 0.25) is 0 Å². The monoisotopic (exact) mass is 225 g/mol. The smallest absolute Gasteiger partial charge is 0.114 e. The van der Waals surface area contributed by atoms with Crippen molar-refractivity contribution in [1.29, 1.82) is 0 Å². The Morgan fingerprint density at radius 2 is 1.75 bits per heavy atom. The van der Waals surface area contributed by atoms with Gasteiger partial charge in [0.05, 0.1) is 6.04 Å². The molecule has 0 aromatic carbocycles. The summed E-state index contributed by atoms with van der Waals surface area (Å²) in [5.74, 6) is 7.13. The van der Waals surface area contributed by atoms with Gasteiger partial charge in [-0.05, 0) is 25.7 Å². The SMILES string of the molecule is CCC(CC)C(=NC1CCCCCC1)NN. The summed E-state index contributed by atoms with van der Waals surface area (Å²) in [6, 6.07) is 0.508. The van der Waals surface area contributed by atoms with Crippen molar-refractivity contribution in [2.75, 3.05) is 0 Å². The van der Waals surface area contributed by atoms with Gasteiger partial charge in [-0.2, -0.15) is 0 Å². The molecule has 0 radical (unpaired) electrons. The fourth-order valence-electron chi connectivity index (χ4n) is 2.52. The van der Waals surface area contributed by atoms with Gasteiger partial charge in [0.15, 0.2) is 0 Å². The third-order valence-corrected chi connectivity index (χ3v) is 3.67. The zero-order chi connectivity index (χ0) is 11.8. The van der Waals surface area contributed by atoms with Crippen molar-refractivity contribution < 1.29 is 0 Å². The highest BCUT2D eigenvalue weighted by molar-refractivity contribution is 5.84. The lowest BCUT2D eigenvalue weighted by molar-refractivity contribution is 0.558. The van der Waals surface area contributed by atoms with Crippen LogP contribution < -0.4 is 11.3 Å². The molecule has 1 rings (SSSR count). The molecule has 3 nitrogen and oxygen atoms in total. The molecule has 0 aromatic heterocycles. The van der Waals surface area contributed by atoms with Crippen LogP contribution in [0.25, 0.3) is 0 Å². The predicted molar refractivity (Wildman–Crippen MR) is 70.3 cm³/mol. The Labute approximate surface area is 99.9 Å². The summed E-state index contributed by atoms with van der Waals surface area (Å²) in [5.41, 5.74) is 2.82. The Morgan fingerprint density at radius 1 is 1.19 bits per heavy atom. The number of hydrazine groups is 1. The topological polar surface area (TPSA) is 50.4 Å². The minimum absolute atomic E-state index is 0.508. The lowest BCUT2D eigenvalue weighted by Gasteiger charge is -2.18. The van der Waals surface area contributed by atoms with Crippen molar-refractivity contribution in [3.05, 3.63) is 0 Å². The average Bonchev–Trinajstić information content (AvgIpc) is 2.57. The summed E-state index contributed by atoms with van der Waals surface area (Å²) in [5, 5.41) is 0. The van der Waals surface area contributed by atoms with Crippen LogP contribution in [0.4, 0.5) is 0 Å². The van der Waals surface area contributed by atoms with Crippen LogP contribution in [-0.2, 0) is 0 Å². The van der Waals surface area contributed by atoms with Crippen molar-refractivity contribution in [2.24, 2.45) is 16.8 Å². The van der Waals surface area contributed by atoms with Crippen LogP contribution in [0, 0.1) is 5.92 Å². The van der Waals surface area contributed by atoms with Gasteiger partial charge >= 0.3 is 0 Å². The van der Waals surface area contributed by atoms with E-state index in [2.05, 4.69) is 19.3 Å². The maximum atomic E-state index is 5.60. The third-order valence-electron chi connectivity index (χ3n) is 3.67. The molecule has 3 heteroatoms. The standard InChI is InChI=1S/C13H27N3/c1-3-11(4-2)13(16-14)15-12-9-7-5-6-8-10-12/h11-12H,3-10,14H2,1-2H3,(H,15,16). The molecule has 3 N–H and O–H groups in total. The predicted octanol–water partition coefficient (Wildman–Crippen LogP) is 3.01. The van der Waals surface area contributed by atoms with E-state index in [-0.39, 0.29) is 0 Å². The molecular formula is C13H27N3. The average molecular weight is 225 g/mol. The van der Waals surface area contributed by atoms with Gasteiger partial charge in [0.25, 0.3) is 0 Å². The summed E-state index contributed by atoms with van der Waals surface area (Å²) >= 11 is 0. The second kappa shape index (κ2) is 7.66. The molecule has 1 aliphatic rings. The number of amidine groups is 1. The first kappa shape index (κ1) is 13.5. The highest BCUT2D eigenvalue weighted by Crippen LogP contribution is 2.21. The number of aliphatic imine (C=N–C) groups is 1. The molecule has 0 heterocycles. The van der Waals surface area contributed by atoms with E-state index in [4.69, 9.17) is 10.8 Å². The minimum atomic E-state index is 0.508. The van der Waals surface area contributed by atoms with Gasteiger partial charge < -0.3 is 5.43 Å². The molecular weight excluding hydrogens is 198 g/mol. The molecule has 0 bridgehead atoms. The van der Waals surface area contributed by atoms with E-state index in [9.17, 15) is 0 Å². The molecule has 1 saturated carbocycles. The molecule has 0 aromatic rings. The molecule has 1 fully saturated rings. The third kappa shape index (κ3) is 4.12. The summed E-state index contributed by atoms with van der Waals surface area (Å²) in [7, 11) is 0. The number of nitrogens with zero attached hydrogens (tertiary/aromatic N) is 1. The number of rotatable bonds is 4. The first-order valence-electron chi connectivity index (χ1n) is 6.86. The van der Waals surface area contributed by atoms with E-state index in [0.29, 0.717) is 12.0 Å². The molecule has 16 heavy (non-hydrogen) atoms. The van der Waals surface area contributed by atoms with Crippen molar-refractivity contribution in [1.82, 2.24) is 5.43 Å². The molecule has 1 aliphatic carbocycles. The normalized spacial score (nSPS) is 19.9. The van der Waals surface area contributed by atoms with E-state index in [1.807, 2.05) is 0 Å². The van der Waals surface area contributed by atoms with Crippen molar-refractivity contribution in [3.63, 3.8) is 0 Å². The Hall–Kier alpha value is -0.570. The Balaban J connectivity index is 2.61. The molecule has 0 saturated heterocycles. The van der Waals surface area contributed by atoms with Crippen LogP contribution in [0.5, 0.6) is 0 Å². The Morgan fingerprint density at radius 3 is 2.19 bits per heavy atom. The maximum absolute atomic E-state index is 5.60. The van der Waals surface area contributed by atoms with Gasteiger partial charge in [-0.1, -0.05) is 39.5 Å². The lowest BCUT2D eigenvalue weighted by Crippen LogP contribution is -2.37. The second-order valence-corrected chi connectivity index (χ2v) is 4.82. The highest BCUT2D eigenvalue weighted by Gasteiger charge is 2.15. The van der Waals surface area contributed by atoms with Crippen molar-refractivity contribution in [2.45, 2.75) is 71.3 Å². The van der Waals surface area contributed by atoms with Crippen molar-refractivity contribution >= 4 is 5.84 Å². The lowest BCUT2D eigenvalue weighted by atomic mass is 10.0. The van der Waals surface area contributed by atoms with Gasteiger partial charge in [0.1, 0.15) is 5.84 Å². The molecule has 0 aliphatic heterocycles. The number of hydrogen-bond acceptors (Lipinski definition) is 2. The van der Waals surface area contributed by atoms with Gasteiger partial charge in [-0.15, -0.1) is 0 Å². The largest absolute Gasteiger partial charge is 0.312 e. The van der Waals surface area contributed by atoms with Crippen molar-refractivity contribution in [3.8, 4) is 0 Å². The minimum Gasteiger partial charge on any atom is -0.312 e. The summed E-state index contributed by atoms with van der Waals surface area (Å²) in [6.07, 6.45) is 10.1. The van der Waals surface area contributed by atoms with Gasteiger partial charge in [0, 0.05) is 5.92 Å². The molecule has 0 atom stereocenters. The van der Waals surface area contributed by atoms with Crippen LogP contribution in [-0.4, -0.2) is 11.9 Å². The summed E-state index contributed by atoms with van der Waals surface area (Å²) in [6.45, 7) is 4.40. The quantitative estimate of drug-likeness (QED) is 0.254. The van der Waals surface area contributed by atoms with Crippen LogP contribution in [0.15, 0.2) is 4.99 Å². The summed E-state index contributed by atoms with van der Waals surface area (Å²) < 4.78 is 0. The number of hydrogen-bond donors (Lipinski definition) is 2. The fourth-order valence-corrected chi connectivity index (χ4v) is 2.52. The van der Waals surface area contributed by atoms with E-state index in [0.717, 1.165) is 18.7 Å². The van der Waals surface area contributed by atoms with Crippen LogP contribution in [0.1, 0.15) is 65.2 Å². The van der Waals surface area contributed by atoms with Crippen LogP contribution in [0.3, 0.4) is 0 Å².